The number of hydrogen-bond acceptors (Lipinski definition) is 6. The molecule has 3 aromatic rings. The summed E-state index contributed by atoms with van der Waals surface area (Å²) < 4.78 is 20.0. The number of ether oxygens (including phenoxy) is 1. The Labute approximate surface area is 181 Å². The summed E-state index contributed by atoms with van der Waals surface area (Å²) in [5.74, 6) is -0.738. The van der Waals surface area contributed by atoms with E-state index in [0.29, 0.717) is 31.8 Å². The first kappa shape index (κ1) is 21.3. The molecule has 29 heavy (non-hydrogen) atoms. The molecule has 9 heteroatoms. The van der Waals surface area contributed by atoms with E-state index in [2.05, 4.69) is 47.8 Å². The van der Waals surface area contributed by atoms with Gasteiger partial charge in [0.1, 0.15) is 12.3 Å². The van der Waals surface area contributed by atoms with Crippen molar-refractivity contribution >= 4 is 39.5 Å². The number of rotatable bonds is 9. The highest BCUT2D eigenvalue weighted by atomic mass is 125. The number of fused-ring (bicyclic) bond motifs is 1. The Kier molecular flexibility index (Phi) is 7.64. The first-order valence-corrected chi connectivity index (χ1v) is 10.3. The molecule has 2 aromatic heterocycles. The Morgan fingerprint density at radius 1 is 1.24 bits per heavy atom. The number of likely N-dealkylation sites (N-methyl/N-ethyl adjacent to an activating group) is 1. The average molecular weight is 507 g/mol. The molecule has 1 amide bonds. The van der Waals surface area contributed by atoms with Crippen LogP contribution in [0.15, 0.2) is 42.7 Å². The van der Waals surface area contributed by atoms with Crippen molar-refractivity contribution in [2.75, 3.05) is 32.8 Å². The summed E-state index contributed by atoms with van der Waals surface area (Å²) in [4.78, 5) is 26.7. The van der Waals surface area contributed by atoms with Crippen molar-refractivity contribution in [1.29, 1.82) is 0 Å². The molecule has 1 N–H and O–H groups in total. The van der Waals surface area contributed by atoms with Gasteiger partial charge in [0.25, 0.3) is 11.9 Å². The van der Waals surface area contributed by atoms with Gasteiger partial charge in [-0.15, -0.1) is 0 Å². The third kappa shape index (κ3) is 6.04. The van der Waals surface area contributed by atoms with Gasteiger partial charge in [0.15, 0.2) is 5.75 Å². The quantitative estimate of drug-likeness (QED) is 0.355. The van der Waals surface area contributed by atoms with E-state index in [1.807, 2.05) is 25.1 Å². The maximum Gasteiger partial charge on any atom is 0.271 e. The Balaban J connectivity index is 1.45. The van der Waals surface area contributed by atoms with Crippen molar-refractivity contribution in [3.05, 3.63) is 57.9 Å². The number of carbonyl (C=O) groups excluding carboxylic acids is 1. The number of nitrogens with one attached hydrogen (secondary N) is 1. The average Bonchev–Trinajstić information content (AvgIpc) is 2.73. The minimum absolute atomic E-state index is 0.140. The lowest BCUT2D eigenvalue weighted by Gasteiger charge is -2.20. The van der Waals surface area contributed by atoms with Crippen LogP contribution in [0.5, 0.6) is 5.75 Å². The predicted molar refractivity (Wildman–Crippen MR) is 116 cm³/mol. The molecule has 0 fully saturated rings. The standard InChI is InChI=1S/C20H21FIN5O2/c1-2-27(10-11-29-18-4-3-7-23-19(18)21)9-8-24-20(28)17-13-25-16-12-14(22)5-6-15(16)26-17/h3-7,12-13H,2,8-11H2,1H3,(H,24,28)/i22-2. The zero-order valence-corrected chi connectivity index (χ0v) is 18.1. The second-order valence-corrected chi connectivity index (χ2v) is 7.46. The van der Waals surface area contributed by atoms with Crippen LogP contribution < -0.4 is 10.1 Å². The van der Waals surface area contributed by atoms with E-state index in [1.54, 1.807) is 12.1 Å². The molecule has 0 aliphatic rings. The molecule has 0 bridgehead atoms. The van der Waals surface area contributed by atoms with Crippen molar-refractivity contribution in [1.82, 2.24) is 25.2 Å². The maximum atomic E-state index is 13.5. The van der Waals surface area contributed by atoms with Crippen molar-refractivity contribution in [3.63, 3.8) is 0 Å². The van der Waals surface area contributed by atoms with E-state index in [9.17, 15) is 9.18 Å². The SMILES string of the molecule is CCN(CCNC(=O)c1cnc2cc([125I])ccc2n1)CCOc1cccnc1F. The molecule has 0 aliphatic carbocycles. The second kappa shape index (κ2) is 10.4. The lowest BCUT2D eigenvalue weighted by atomic mass is 10.3. The smallest absolute Gasteiger partial charge is 0.271 e. The summed E-state index contributed by atoms with van der Waals surface area (Å²) in [5.41, 5.74) is 1.74. The highest BCUT2D eigenvalue weighted by molar-refractivity contribution is 14.1. The fourth-order valence-corrected chi connectivity index (χ4v) is 3.18. The van der Waals surface area contributed by atoms with E-state index < -0.39 is 5.95 Å². The predicted octanol–water partition coefficient (Wildman–Crippen LogP) is 2.90. The van der Waals surface area contributed by atoms with Crippen LogP contribution in [0, 0.1) is 9.52 Å². The number of nitrogens with zero attached hydrogens (tertiary/aromatic N) is 4. The monoisotopic (exact) mass is 507 g/mol. The zero-order chi connectivity index (χ0) is 20.6. The Hall–Kier alpha value is -2.40. The van der Waals surface area contributed by atoms with Crippen LogP contribution >= 0.6 is 22.6 Å². The zero-order valence-electron chi connectivity index (χ0n) is 15.9. The van der Waals surface area contributed by atoms with Crippen LogP contribution in [0.2, 0.25) is 0 Å². The van der Waals surface area contributed by atoms with E-state index >= 15 is 0 Å². The Bertz CT molecular complexity index is 988. The maximum absolute atomic E-state index is 13.5. The molecule has 2 heterocycles. The van der Waals surface area contributed by atoms with Gasteiger partial charge in [-0.2, -0.15) is 4.39 Å². The number of carbonyl (C=O) groups is 1. The van der Waals surface area contributed by atoms with E-state index in [-0.39, 0.29) is 17.4 Å². The van der Waals surface area contributed by atoms with Crippen LogP contribution in [-0.2, 0) is 0 Å². The molecule has 0 aliphatic heterocycles. The third-order valence-corrected chi connectivity index (χ3v) is 4.96. The highest BCUT2D eigenvalue weighted by Crippen LogP contribution is 2.14. The first-order valence-electron chi connectivity index (χ1n) is 9.23. The van der Waals surface area contributed by atoms with E-state index in [4.69, 9.17) is 4.74 Å². The van der Waals surface area contributed by atoms with Crippen molar-refractivity contribution < 1.29 is 13.9 Å². The molecule has 0 saturated carbocycles. The van der Waals surface area contributed by atoms with Crippen molar-refractivity contribution in [3.8, 4) is 5.75 Å². The number of amides is 1. The molecule has 0 atom stereocenters. The third-order valence-electron chi connectivity index (χ3n) is 4.29. The Morgan fingerprint density at radius 2 is 2.10 bits per heavy atom. The summed E-state index contributed by atoms with van der Waals surface area (Å²) in [6.45, 7) is 4.83. The molecule has 152 valence electrons. The minimum atomic E-state index is -0.617. The van der Waals surface area contributed by atoms with E-state index in [1.165, 1.54) is 12.4 Å². The van der Waals surface area contributed by atoms with Gasteiger partial charge < -0.3 is 10.1 Å². The lowest BCUT2D eigenvalue weighted by Crippen LogP contribution is -2.37. The van der Waals surface area contributed by atoms with Crippen LogP contribution in [0.25, 0.3) is 11.0 Å². The fourth-order valence-electron chi connectivity index (χ4n) is 2.70. The largest absolute Gasteiger partial charge is 0.487 e. The lowest BCUT2D eigenvalue weighted by molar-refractivity contribution is 0.0942. The second-order valence-electron chi connectivity index (χ2n) is 6.22. The summed E-state index contributed by atoms with van der Waals surface area (Å²) >= 11 is 2.21. The summed E-state index contributed by atoms with van der Waals surface area (Å²) in [6.07, 6.45) is 2.87. The van der Waals surface area contributed by atoms with Crippen LogP contribution in [0.1, 0.15) is 17.4 Å². The molecule has 3 rings (SSSR count). The molecule has 7 nitrogen and oxygen atoms in total. The minimum Gasteiger partial charge on any atom is -0.487 e. The fraction of sp³-hybridized carbons (Fsp3) is 0.300. The van der Waals surface area contributed by atoms with Crippen LogP contribution in [0.4, 0.5) is 4.39 Å². The summed E-state index contributed by atoms with van der Waals surface area (Å²) in [5, 5.41) is 2.86. The van der Waals surface area contributed by atoms with Gasteiger partial charge in [0.2, 0.25) is 0 Å². The first-order chi connectivity index (χ1) is 14.1. The van der Waals surface area contributed by atoms with Gasteiger partial charge in [0.05, 0.1) is 17.2 Å². The number of hydrogen-bond donors (Lipinski definition) is 1. The van der Waals surface area contributed by atoms with Crippen molar-refractivity contribution in [2.24, 2.45) is 0 Å². The molecule has 0 unspecified atom stereocenters. The molecule has 0 radical (unpaired) electrons. The number of aromatic nitrogens is 3. The molecule has 0 spiro atoms. The van der Waals surface area contributed by atoms with Gasteiger partial charge in [0, 0.05) is 29.4 Å². The van der Waals surface area contributed by atoms with Crippen LogP contribution in [-0.4, -0.2) is 58.5 Å². The van der Waals surface area contributed by atoms with Crippen LogP contribution in [0.3, 0.4) is 0 Å². The van der Waals surface area contributed by atoms with Gasteiger partial charge in [-0.1, -0.05) is 6.92 Å². The Morgan fingerprint density at radius 3 is 2.90 bits per heavy atom. The number of pyridine rings is 1. The van der Waals surface area contributed by atoms with Gasteiger partial charge in [-0.3, -0.25) is 14.7 Å². The summed E-state index contributed by atoms with van der Waals surface area (Å²) in [6, 6.07) is 8.87. The highest BCUT2D eigenvalue weighted by Gasteiger charge is 2.10. The number of benzene rings is 1. The van der Waals surface area contributed by atoms with Gasteiger partial charge in [-0.05, 0) is 59.5 Å². The van der Waals surface area contributed by atoms with Gasteiger partial charge in [-0.25, -0.2) is 9.97 Å². The molecular formula is C20H21FIN5O2. The van der Waals surface area contributed by atoms with E-state index in [0.717, 1.165) is 15.6 Å². The van der Waals surface area contributed by atoms with Crippen molar-refractivity contribution in [2.45, 2.75) is 6.92 Å². The number of halogens is 2. The normalized spacial score (nSPS) is 11.0. The summed E-state index contributed by atoms with van der Waals surface area (Å²) in [7, 11) is 0. The topological polar surface area (TPSA) is 80.2 Å². The molecule has 1 aromatic carbocycles. The van der Waals surface area contributed by atoms with Gasteiger partial charge >= 0.3 is 0 Å². The molecular weight excluding hydrogens is 486 g/mol. The molecule has 0 saturated heterocycles.